The van der Waals surface area contributed by atoms with Crippen molar-refractivity contribution in [2.24, 2.45) is 0 Å². The molecule has 0 bridgehead atoms. The third kappa shape index (κ3) is 1.43. The molecule has 68 valence electrons. The molecule has 1 nitrogen and oxygen atoms in total. The molecule has 0 fully saturated rings. The Morgan fingerprint density at radius 1 is 1.31 bits per heavy atom. The molecular formula is C10H8Cl2O. The maximum atomic E-state index is 9.52. The third-order valence-corrected chi connectivity index (χ3v) is 2.85. The lowest BCUT2D eigenvalue weighted by atomic mass is 9.96. The van der Waals surface area contributed by atoms with Crippen LogP contribution in [0, 0.1) is 0 Å². The first-order valence-electron chi connectivity index (χ1n) is 3.98. The van der Waals surface area contributed by atoms with Crippen molar-refractivity contribution in [3.05, 3.63) is 35.4 Å². The fourth-order valence-corrected chi connectivity index (χ4v) is 1.99. The molecule has 0 aliphatic heterocycles. The summed E-state index contributed by atoms with van der Waals surface area (Å²) in [6, 6.07) is 5.20. The molecule has 3 heteroatoms. The van der Waals surface area contributed by atoms with Crippen molar-refractivity contribution in [3.8, 4) is 5.75 Å². The highest BCUT2D eigenvalue weighted by molar-refractivity contribution is 6.48. The number of hydrogen-bond donors (Lipinski definition) is 1. The number of rotatable bonds is 0. The maximum absolute atomic E-state index is 9.52. The predicted octanol–water partition coefficient (Wildman–Crippen LogP) is 3.44. The van der Waals surface area contributed by atoms with Crippen LogP contribution >= 0.6 is 23.2 Å². The zero-order valence-corrected chi connectivity index (χ0v) is 8.31. The maximum Gasteiger partial charge on any atom is 0.147 e. The Morgan fingerprint density at radius 2 is 2.08 bits per heavy atom. The Balaban J connectivity index is 2.67. The van der Waals surface area contributed by atoms with E-state index in [1.165, 1.54) is 0 Å². The molecule has 0 aromatic heterocycles. The molecule has 1 aromatic carbocycles. The van der Waals surface area contributed by atoms with Crippen molar-refractivity contribution in [2.45, 2.75) is 10.8 Å². The summed E-state index contributed by atoms with van der Waals surface area (Å²) < 4.78 is -0.900. The Kier molecular flexibility index (Phi) is 2.01. The summed E-state index contributed by atoms with van der Waals surface area (Å²) in [5.41, 5.74) is 1.50. The monoisotopic (exact) mass is 214 g/mol. The van der Waals surface area contributed by atoms with E-state index in [2.05, 4.69) is 0 Å². The number of hydrogen-bond acceptors (Lipinski definition) is 1. The van der Waals surface area contributed by atoms with Crippen LogP contribution in [0.3, 0.4) is 0 Å². The van der Waals surface area contributed by atoms with Gasteiger partial charge in [-0.15, -0.1) is 0 Å². The van der Waals surface area contributed by atoms with Gasteiger partial charge in [-0.3, -0.25) is 0 Å². The average molecular weight is 215 g/mol. The fraction of sp³-hybridized carbons (Fsp3) is 0.200. The van der Waals surface area contributed by atoms with E-state index in [1.54, 1.807) is 12.1 Å². The smallest absolute Gasteiger partial charge is 0.147 e. The van der Waals surface area contributed by atoms with Crippen molar-refractivity contribution >= 4 is 29.3 Å². The largest absolute Gasteiger partial charge is 0.507 e. The van der Waals surface area contributed by atoms with Crippen LogP contribution in [0.25, 0.3) is 6.08 Å². The summed E-state index contributed by atoms with van der Waals surface area (Å²) in [4.78, 5) is 0. The number of phenols is 1. The van der Waals surface area contributed by atoms with Gasteiger partial charge < -0.3 is 5.11 Å². The first-order valence-corrected chi connectivity index (χ1v) is 4.74. The number of aromatic hydroxyl groups is 1. The normalized spacial score (nSPS) is 18.3. The van der Waals surface area contributed by atoms with E-state index in [0.29, 0.717) is 6.42 Å². The fourth-order valence-electron chi connectivity index (χ4n) is 1.48. The summed E-state index contributed by atoms with van der Waals surface area (Å²) in [7, 11) is 0. The second-order valence-corrected chi connectivity index (χ2v) is 4.53. The molecule has 13 heavy (non-hydrogen) atoms. The Bertz CT molecular complexity index is 369. The van der Waals surface area contributed by atoms with Crippen LogP contribution < -0.4 is 0 Å². The van der Waals surface area contributed by atoms with Gasteiger partial charge in [-0.25, -0.2) is 0 Å². The van der Waals surface area contributed by atoms with Crippen LogP contribution in [0.5, 0.6) is 5.75 Å². The van der Waals surface area contributed by atoms with Gasteiger partial charge in [0, 0.05) is 12.0 Å². The van der Waals surface area contributed by atoms with Crippen LogP contribution in [-0.4, -0.2) is 5.11 Å². The van der Waals surface area contributed by atoms with E-state index in [9.17, 15) is 5.11 Å². The van der Waals surface area contributed by atoms with Crippen molar-refractivity contribution in [1.29, 1.82) is 0 Å². The Hall–Kier alpha value is -0.660. The Labute approximate surface area is 86.6 Å². The zero-order valence-electron chi connectivity index (χ0n) is 6.80. The molecule has 0 saturated carbocycles. The molecule has 0 unspecified atom stereocenters. The van der Waals surface area contributed by atoms with Crippen molar-refractivity contribution in [2.75, 3.05) is 0 Å². The van der Waals surface area contributed by atoms with Crippen molar-refractivity contribution in [1.82, 2.24) is 0 Å². The number of alkyl halides is 2. The lowest BCUT2D eigenvalue weighted by molar-refractivity contribution is 0.472. The number of phenolic OH excluding ortho intramolecular Hbond substituents is 1. The van der Waals surface area contributed by atoms with Crippen molar-refractivity contribution in [3.63, 3.8) is 0 Å². The summed E-state index contributed by atoms with van der Waals surface area (Å²) in [6.07, 6.45) is 4.28. The van der Waals surface area contributed by atoms with Gasteiger partial charge in [-0.1, -0.05) is 47.5 Å². The standard InChI is InChI=1S/C10H8Cl2O/c11-10(12)6-2-3-7-8(10)4-1-5-9(7)13/h1-5,13H,6H2. The van der Waals surface area contributed by atoms with E-state index in [-0.39, 0.29) is 5.75 Å². The molecule has 1 aliphatic carbocycles. The van der Waals surface area contributed by atoms with Gasteiger partial charge in [-0.05, 0) is 11.6 Å². The van der Waals surface area contributed by atoms with Gasteiger partial charge in [0.25, 0.3) is 0 Å². The first-order chi connectivity index (χ1) is 6.11. The SMILES string of the molecule is Oc1cccc2c1C=CCC2(Cl)Cl. The van der Waals surface area contributed by atoms with E-state index >= 15 is 0 Å². The lowest BCUT2D eigenvalue weighted by Crippen LogP contribution is -2.13. The van der Waals surface area contributed by atoms with Crippen LogP contribution in [0.15, 0.2) is 24.3 Å². The second-order valence-electron chi connectivity index (χ2n) is 3.05. The Morgan fingerprint density at radius 3 is 2.77 bits per heavy atom. The van der Waals surface area contributed by atoms with Gasteiger partial charge in [0.1, 0.15) is 10.1 Å². The minimum atomic E-state index is -0.900. The average Bonchev–Trinajstić information content (AvgIpc) is 2.06. The van der Waals surface area contributed by atoms with Gasteiger partial charge in [0.15, 0.2) is 0 Å². The number of fused-ring (bicyclic) bond motifs is 1. The molecule has 0 saturated heterocycles. The molecular weight excluding hydrogens is 207 g/mol. The first kappa shape index (κ1) is 8.92. The summed E-state index contributed by atoms with van der Waals surface area (Å²) in [5, 5.41) is 9.52. The van der Waals surface area contributed by atoms with Gasteiger partial charge >= 0.3 is 0 Å². The zero-order chi connectivity index (χ0) is 9.47. The molecule has 1 aliphatic rings. The summed E-state index contributed by atoms with van der Waals surface area (Å²) >= 11 is 12.2. The summed E-state index contributed by atoms with van der Waals surface area (Å²) in [5.74, 6) is 0.221. The minimum absolute atomic E-state index is 0.221. The van der Waals surface area contributed by atoms with Gasteiger partial charge in [0.05, 0.1) is 0 Å². The molecule has 0 spiro atoms. The molecule has 0 heterocycles. The predicted molar refractivity (Wildman–Crippen MR) is 55.1 cm³/mol. The van der Waals surface area contributed by atoms with E-state index in [0.717, 1.165) is 11.1 Å². The molecule has 0 atom stereocenters. The highest BCUT2D eigenvalue weighted by atomic mass is 35.5. The number of allylic oxidation sites excluding steroid dienone is 1. The van der Waals surface area contributed by atoms with Crippen molar-refractivity contribution < 1.29 is 5.11 Å². The van der Waals surface area contributed by atoms with E-state index in [4.69, 9.17) is 23.2 Å². The third-order valence-electron chi connectivity index (χ3n) is 2.14. The molecule has 1 N–H and O–H groups in total. The van der Waals surface area contributed by atoms with Crippen LogP contribution in [0.4, 0.5) is 0 Å². The molecule has 2 rings (SSSR count). The van der Waals surface area contributed by atoms with E-state index < -0.39 is 4.33 Å². The quantitative estimate of drug-likeness (QED) is 0.657. The van der Waals surface area contributed by atoms with Crippen LogP contribution in [-0.2, 0) is 4.33 Å². The van der Waals surface area contributed by atoms with Crippen LogP contribution in [0.1, 0.15) is 17.5 Å². The lowest BCUT2D eigenvalue weighted by Gasteiger charge is -2.24. The van der Waals surface area contributed by atoms with E-state index in [1.807, 2.05) is 18.2 Å². The molecule has 1 aromatic rings. The second kappa shape index (κ2) is 2.93. The van der Waals surface area contributed by atoms with Crippen LogP contribution in [0.2, 0.25) is 0 Å². The molecule has 0 radical (unpaired) electrons. The van der Waals surface area contributed by atoms with Gasteiger partial charge in [-0.2, -0.15) is 0 Å². The molecule has 0 amide bonds. The minimum Gasteiger partial charge on any atom is -0.507 e. The summed E-state index contributed by atoms with van der Waals surface area (Å²) in [6.45, 7) is 0. The van der Waals surface area contributed by atoms with Gasteiger partial charge in [0.2, 0.25) is 0 Å². The number of halogens is 2. The topological polar surface area (TPSA) is 20.2 Å². The number of benzene rings is 1. The highest BCUT2D eigenvalue weighted by Crippen LogP contribution is 2.44. The highest BCUT2D eigenvalue weighted by Gasteiger charge is 2.30.